The number of carbonyl (C=O) groups excluding carboxylic acids is 1. The number of anilines is 1. The highest BCUT2D eigenvalue weighted by atomic mass is 32.2. The van der Waals surface area contributed by atoms with Gasteiger partial charge in [-0.05, 0) is 32.0 Å². The Kier molecular flexibility index (Phi) is 6.46. The van der Waals surface area contributed by atoms with Crippen LogP contribution < -0.4 is 10.5 Å². The molecular formula is C18H25N5O3S2. The number of nitrogens with one attached hydrogen (secondary N) is 1. The van der Waals surface area contributed by atoms with Crippen molar-refractivity contribution < 1.29 is 13.2 Å². The number of nitrogens with two attached hydrogens (primary N) is 1. The molecule has 1 unspecified atom stereocenters. The summed E-state index contributed by atoms with van der Waals surface area (Å²) in [6.45, 7) is 8.01. The zero-order chi connectivity index (χ0) is 20.3. The van der Waals surface area contributed by atoms with Crippen LogP contribution in [-0.4, -0.2) is 61.3 Å². The Hall–Kier alpha value is -1.85. The van der Waals surface area contributed by atoms with Crippen molar-refractivity contribution in [3.8, 4) is 0 Å². The highest BCUT2D eigenvalue weighted by Gasteiger charge is 2.26. The molecule has 28 heavy (non-hydrogen) atoms. The summed E-state index contributed by atoms with van der Waals surface area (Å²) in [6, 6.07) is 5.65. The summed E-state index contributed by atoms with van der Waals surface area (Å²) < 4.78 is 22.9. The number of aryl methyl sites for hydroxylation is 1. The number of hydrogen-bond acceptors (Lipinski definition) is 7. The van der Waals surface area contributed by atoms with Gasteiger partial charge >= 0.3 is 0 Å². The number of benzene rings is 1. The van der Waals surface area contributed by atoms with E-state index in [1.807, 2.05) is 13.8 Å². The van der Waals surface area contributed by atoms with Crippen molar-refractivity contribution in [2.75, 3.05) is 31.5 Å². The molecule has 1 amide bonds. The molecule has 1 aliphatic rings. The molecule has 1 atom stereocenters. The topological polar surface area (TPSA) is 109 Å². The Morgan fingerprint density at radius 3 is 2.64 bits per heavy atom. The van der Waals surface area contributed by atoms with E-state index in [0.29, 0.717) is 5.69 Å². The number of rotatable bonds is 6. The van der Waals surface area contributed by atoms with Crippen molar-refractivity contribution in [1.29, 1.82) is 0 Å². The Bertz CT molecular complexity index is 936. The van der Waals surface area contributed by atoms with Gasteiger partial charge in [0.1, 0.15) is 0 Å². The Morgan fingerprint density at radius 2 is 2.04 bits per heavy atom. The number of carbonyl (C=O) groups is 1. The van der Waals surface area contributed by atoms with Gasteiger partial charge in [0.15, 0.2) is 0 Å². The maximum atomic E-state index is 12.6. The fraction of sp³-hybridized carbons (Fsp3) is 0.444. The minimum absolute atomic E-state index is 0.0242. The number of thiazole rings is 1. The molecule has 0 radical (unpaired) electrons. The van der Waals surface area contributed by atoms with Gasteiger partial charge in [0, 0.05) is 43.8 Å². The zero-order valence-electron chi connectivity index (χ0n) is 16.0. The van der Waals surface area contributed by atoms with Crippen molar-refractivity contribution in [3.05, 3.63) is 40.3 Å². The van der Waals surface area contributed by atoms with Gasteiger partial charge in [-0.2, -0.15) is 0 Å². The normalized spacial score (nSPS) is 17.4. The van der Waals surface area contributed by atoms with Gasteiger partial charge in [0.25, 0.3) is 0 Å². The van der Waals surface area contributed by atoms with Gasteiger partial charge in [0.2, 0.25) is 15.9 Å². The van der Waals surface area contributed by atoms with E-state index in [-0.39, 0.29) is 16.8 Å². The summed E-state index contributed by atoms with van der Waals surface area (Å²) in [5.74, 6) is -0.171. The van der Waals surface area contributed by atoms with Crippen LogP contribution in [0, 0.1) is 6.92 Å². The SMILES string of the molecule is Cc1nc(CN2CCN(C(C)C(=O)Nc3cccc(S(N)(=O)=O)c3)CC2)cs1. The number of amides is 1. The molecule has 3 rings (SSSR count). The maximum Gasteiger partial charge on any atom is 0.241 e. The molecule has 3 N–H and O–H groups in total. The molecule has 2 aromatic rings. The highest BCUT2D eigenvalue weighted by molar-refractivity contribution is 7.89. The monoisotopic (exact) mass is 423 g/mol. The first-order valence-electron chi connectivity index (χ1n) is 9.03. The second-order valence-electron chi connectivity index (χ2n) is 6.91. The molecule has 0 saturated carbocycles. The lowest BCUT2D eigenvalue weighted by Crippen LogP contribution is -2.52. The van der Waals surface area contributed by atoms with Gasteiger partial charge < -0.3 is 5.32 Å². The van der Waals surface area contributed by atoms with Crippen LogP contribution in [0.4, 0.5) is 5.69 Å². The average Bonchev–Trinajstić information content (AvgIpc) is 3.06. The first-order chi connectivity index (χ1) is 13.2. The second kappa shape index (κ2) is 8.66. The van der Waals surface area contributed by atoms with E-state index in [1.54, 1.807) is 23.5 Å². The first kappa shape index (κ1) is 20.9. The van der Waals surface area contributed by atoms with Crippen LogP contribution >= 0.6 is 11.3 Å². The number of nitrogens with zero attached hydrogens (tertiary/aromatic N) is 3. The molecule has 1 saturated heterocycles. The van der Waals surface area contributed by atoms with E-state index in [9.17, 15) is 13.2 Å². The highest BCUT2D eigenvalue weighted by Crippen LogP contribution is 2.16. The molecule has 1 aromatic carbocycles. The molecule has 1 aliphatic heterocycles. The van der Waals surface area contributed by atoms with E-state index in [0.717, 1.165) is 43.4 Å². The van der Waals surface area contributed by atoms with Crippen molar-refractivity contribution in [2.45, 2.75) is 31.3 Å². The van der Waals surface area contributed by atoms with Crippen molar-refractivity contribution in [1.82, 2.24) is 14.8 Å². The van der Waals surface area contributed by atoms with E-state index >= 15 is 0 Å². The summed E-state index contributed by atoms with van der Waals surface area (Å²) >= 11 is 1.66. The number of hydrogen-bond donors (Lipinski definition) is 2. The smallest absolute Gasteiger partial charge is 0.241 e. The lowest BCUT2D eigenvalue weighted by molar-refractivity contribution is -0.121. The fourth-order valence-electron chi connectivity index (χ4n) is 3.18. The molecular weight excluding hydrogens is 398 g/mol. The van der Waals surface area contributed by atoms with Gasteiger partial charge in [0.05, 0.1) is 21.6 Å². The molecule has 1 fully saturated rings. The minimum atomic E-state index is -3.80. The summed E-state index contributed by atoms with van der Waals surface area (Å²) in [5.41, 5.74) is 1.51. The second-order valence-corrected chi connectivity index (χ2v) is 9.53. The third-order valence-electron chi connectivity index (χ3n) is 4.82. The standard InChI is InChI=1S/C18H25N5O3S2/c1-13(18(24)21-15-4-3-5-17(10-15)28(19,25)26)23-8-6-22(7-9-23)11-16-12-27-14(2)20-16/h3-5,10,12-13H,6-9,11H2,1-2H3,(H,21,24)(H2,19,25,26). The number of piperazine rings is 1. The lowest BCUT2D eigenvalue weighted by Gasteiger charge is -2.37. The summed E-state index contributed by atoms with van der Waals surface area (Å²) in [7, 11) is -3.80. The quantitative estimate of drug-likeness (QED) is 0.724. The van der Waals surface area contributed by atoms with Crippen LogP contribution in [0.25, 0.3) is 0 Å². The minimum Gasteiger partial charge on any atom is -0.325 e. The predicted octanol–water partition coefficient (Wildman–Crippen LogP) is 1.24. The molecule has 152 valence electrons. The zero-order valence-corrected chi connectivity index (χ0v) is 17.6. The Morgan fingerprint density at radius 1 is 1.32 bits per heavy atom. The molecule has 10 heteroatoms. The van der Waals surface area contributed by atoms with Crippen LogP contribution in [0.1, 0.15) is 17.6 Å². The molecule has 2 heterocycles. The van der Waals surface area contributed by atoms with Crippen LogP contribution in [0.15, 0.2) is 34.5 Å². The Balaban J connectivity index is 1.53. The predicted molar refractivity (Wildman–Crippen MR) is 110 cm³/mol. The molecule has 0 spiro atoms. The summed E-state index contributed by atoms with van der Waals surface area (Å²) in [6.07, 6.45) is 0. The van der Waals surface area contributed by atoms with Gasteiger partial charge in [-0.25, -0.2) is 18.5 Å². The molecule has 0 bridgehead atoms. The van der Waals surface area contributed by atoms with E-state index in [2.05, 4.69) is 25.5 Å². The third kappa shape index (κ3) is 5.36. The summed E-state index contributed by atoms with van der Waals surface area (Å²) in [5, 5.41) is 11.1. The molecule has 1 aromatic heterocycles. The van der Waals surface area contributed by atoms with Crippen LogP contribution in [0.2, 0.25) is 0 Å². The first-order valence-corrected chi connectivity index (χ1v) is 11.5. The van der Waals surface area contributed by atoms with Gasteiger partial charge in [-0.15, -0.1) is 11.3 Å². The summed E-state index contributed by atoms with van der Waals surface area (Å²) in [4.78, 5) is 21.5. The van der Waals surface area contributed by atoms with E-state index < -0.39 is 10.0 Å². The van der Waals surface area contributed by atoms with Crippen molar-refractivity contribution in [3.63, 3.8) is 0 Å². The van der Waals surface area contributed by atoms with E-state index in [4.69, 9.17) is 5.14 Å². The third-order valence-corrected chi connectivity index (χ3v) is 6.55. The maximum absolute atomic E-state index is 12.6. The molecule has 0 aliphatic carbocycles. The largest absolute Gasteiger partial charge is 0.325 e. The van der Waals surface area contributed by atoms with Crippen molar-refractivity contribution >= 4 is 33.0 Å². The molecule has 8 nitrogen and oxygen atoms in total. The average molecular weight is 424 g/mol. The Labute approximate surface area is 169 Å². The fourth-order valence-corrected chi connectivity index (χ4v) is 4.35. The number of primary sulfonamides is 1. The van der Waals surface area contributed by atoms with Crippen LogP contribution in [-0.2, 0) is 21.4 Å². The van der Waals surface area contributed by atoms with Gasteiger partial charge in [-0.1, -0.05) is 6.07 Å². The van der Waals surface area contributed by atoms with E-state index in [1.165, 1.54) is 12.1 Å². The lowest BCUT2D eigenvalue weighted by atomic mass is 10.2. The van der Waals surface area contributed by atoms with Gasteiger partial charge in [-0.3, -0.25) is 14.6 Å². The number of aromatic nitrogens is 1. The van der Waals surface area contributed by atoms with Crippen LogP contribution in [0.5, 0.6) is 0 Å². The number of sulfonamides is 1. The van der Waals surface area contributed by atoms with Crippen molar-refractivity contribution in [2.24, 2.45) is 5.14 Å². The van der Waals surface area contributed by atoms with Crippen LogP contribution in [0.3, 0.4) is 0 Å².